The third-order valence-corrected chi connectivity index (χ3v) is 3.58. The lowest BCUT2D eigenvalue weighted by Crippen LogP contribution is -2.72. The van der Waals surface area contributed by atoms with Gasteiger partial charge in [-0.3, -0.25) is 10.1 Å². The number of pyridine rings is 1. The van der Waals surface area contributed by atoms with E-state index in [2.05, 4.69) is 4.98 Å². The van der Waals surface area contributed by atoms with Crippen LogP contribution in [0.1, 0.15) is 30.0 Å². The maximum absolute atomic E-state index is 13.5. The molecule has 2 aromatic rings. The number of carbonyl (C=O) groups is 1. The van der Waals surface area contributed by atoms with Crippen LogP contribution in [-0.2, 0) is 11.2 Å². The van der Waals surface area contributed by atoms with Crippen LogP contribution in [0.3, 0.4) is 0 Å². The number of alkyl halides is 2. The van der Waals surface area contributed by atoms with Crippen molar-refractivity contribution in [2.24, 2.45) is 5.73 Å². The first kappa shape index (κ1) is 19.3. The lowest BCUT2D eigenvalue weighted by Gasteiger charge is -2.06. The van der Waals surface area contributed by atoms with Gasteiger partial charge in [0.05, 0.1) is 0 Å². The molecule has 2 rings (SSSR count). The number of quaternary nitrogens is 1. The number of primary amides is 1. The Balaban J connectivity index is 2.21. The lowest BCUT2D eigenvalue weighted by molar-refractivity contribution is -0.501. The van der Waals surface area contributed by atoms with Crippen molar-refractivity contribution < 1.29 is 23.3 Å². The smallest absolute Gasteiger partial charge is 0.263 e. The molecule has 1 aromatic carbocycles. The number of nitrogens with two attached hydrogens (primary N) is 2. The van der Waals surface area contributed by atoms with Crippen molar-refractivity contribution in [3.05, 3.63) is 70.8 Å². The Labute approximate surface area is 148 Å². The molecule has 1 heterocycles. The van der Waals surface area contributed by atoms with Crippen molar-refractivity contribution in [2.75, 3.05) is 0 Å². The molecule has 0 saturated heterocycles. The molecule has 1 amide bonds. The van der Waals surface area contributed by atoms with E-state index in [1.54, 1.807) is 12.1 Å². The van der Waals surface area contributed by atoms with E-state index in [0.717, 1.165) is 11.6 Å². The van der Waals surface area contributed by atoms with Crippen LogP contribution < -0.4 is 11.1 Å². The molecule has 0 fully saturated rings. The number of benzene rings is 1. The number of hydrogen-bond donors (Lipinski definition) is 3. The number of nitrogens with zero attached hydrogens (tertiary/aromatic N) is 1. The molecule has 1 aromatic heterocycles. The van der Waals surface area contributed by atoms with Gasteiger partial charge in [0.25, 0.3) is 12.3 Å². The highest BCUT2D eigenvalue weighted by Gasteiger charge is 2.12. The molecule has 136 valence electrons. The van der Waals surface area contributed by atoms with Crippen molar-refractivity contribution in [3.63, 3.8) is 0 Å². The minimum Gasteiger partial charge on any atom is -0.365 e. The summed E-state index contributed by atoms with van der Waals surface area (Å²) in [5.41, 5.74) is 6.08. The molecular weight excluding hydrogens is 345 g/mol. The molecule has 8 heteroatoms. The van der Waals surface area contributed by atoms with Gasteiger partial charge in [-0.2, -0.15) is 0 Å². The summed E-state index contributed by atoms with van der Waals surface area (Å²) >= 11 is 0. The van der Waals surface area contributed by atoms with Gasteiger partial charge in [0, 0.05) is 23.5 Å². The second-order valence-corrected chi connectivity index (χ2v) is 5.70. The number of rotatable bonds is 7. The van der Waals surface area contributed by atoms with E-state index in [1.165, 1.54) is 36.8 Å². The fourth-order valence-electron chi connectivity index (χ4n) is 2.40. The molecule has 5 nitrogen and oxygen atoms in total. The summed E-state index contributed by atoms with van der Waals surface area (Å²) < 4.78 is 39.1. The Hall–Kier alpha value is -3.00. The maximum atomic E-state index is 13.5. The molecule has 0 unspecified atom stereocenters. The molecule has 0 saturated carbocycles. The summed E-state index contributed by atoms with van der Waals surface area (Å²) in [6, 6.07) is 6.66. The van der Waals surface area contributed by atoms with Gasteiger partial charge < -0.3 is 11.1 Å². The van der Waals surface area contributed by atoms with Crippen LogP contribution in [0.4, 0.5) is 19.0 Å². The van der Waals surface area contributed by atoms with E-state index in [0.29, 0.717) is 11.4 Å². The zero-order chi connectivity index (χ0) is 19.3. The van der Waals surface area contributed by atoms with Crippen LogP contribution in [0.15, 0.2) is 48.3 Å². The number of carbonyl (C=O) groups excluding carboxylic acids is 1. The fraction of sp³-hybridized carbons (Fsp3) is 0.167. The molecular formula is C18H18F3N4O+. The molecule has 0 radical (unpaired) electrons. The summed E-state index contributed by atoms with van der Waals surface area (Å²) in [5.74, 6) is -0.939. The summed E-state index contributed by atoms with van der Waals surface area (Å²) in [5, 5.41) is 9.03. The second-order valence-electron chi connectivity index (χ2n) is 5.70. The van der Waals surface area contributed by atoms with Gasteiger partial charge in [-0.05, 0) is 48.7 Å². The standard InChI is InChI=1S/C18H17F3N4O/c1-10(22)15(18(23)26)9-25-16-7-11(2-3-24-16)4-12-5-13(17(20)21)8-14(19)6-12/h2-3,5-9,17,22H,4H2,1H3,(H2,23,26)(H,24,25)/p+1/b15-9+,22-10?. The molecule has 0 aliphatic rings. The van der Waals surface area contributed by atoms with E-state index in [1.807, 2.05) is 0 Å². The van der Waals surface area contributed by atoms with Gasteiger partial charge in [-0.1, -0.05) is 0 Å². The van der Waals surface area contributed by atoms with E-state index in [4.69, 9.17) is 11.1 Å². The maximum Gasteiger partial charge on any atom is 0.263 e. The van der Waals surface area contributed by atoms with Crippen LogP contribution >= 0.6 is 0 Å². The van der Waals surface area contributed by atoms with Gasteiger partial charge in [-0.15, -0.1) is 0 Å². The van der Waals surface area contributed by atoms with Crippen LogP contribution in [0.2, 0.25) is 0 Å². The summed E-state index contributed by atoms with van der Waals surface area (Å²) in [4.78, 5) is 15.4. The van der Waals surface area contributed by atoms with Crippen LogP contribution in [-0.4, -0.2) is 16.6 Å². The van der Waals surface area contributed by atoms with Crippen LogP contribution in [0.25, 0.3) is 0 Å². The Morgan fingerprint density at radius 2 is 2.04 bits per heavy atom. The summed E-state index contributed by atoms with van der Waals surface area (Å²) in [7, 11) is 0. The van der Waals surface area contributed by atoms with Crippen molar-refractivity contribution in [1.29, 1.82) is 5.41 Å². The number of nitrogens with one attached hydrogen (secondary N) is 1. The monoisotopic (exact) mass is 363 g/mol. The molecule has 5 N–H and O–H groups in total. The average molecular weight is 363 g/mol. The van der Waals surface area contributed by atoms with Gasteiger partial charge in [0.2, 0.25) is 5.82 Å². The number of hydrogen-bond acceptors (Lipinski definition) is 3. The largest absolute Gasteiger partial charge is 0.365 e. The first-order valence-electron chi connectivity index (χ1n) is 7.69. The van der Waals surface area contributed by atoms with Crippen molar-refractivity contribution in [2.45, 2.75) is 19.8 Å². The van der Waals surface area contributed by atoms with E-state index in [-0.39, 0.29) is 23.3 Å². The highest BCUT2D eigenvalue weighted by Crippen LogP contribution is 2.22. The highest BCUT2D eigenvalue weighted by molar-refractivity contribution is 6.18. The quantitative estimate of drug-likeness (QED) is 0.520. The third kappa shape index (κ3) is 5.25. The first-order valence-corrected chi connectivity index (χ1v) is 7.69. The topological polar surface area (TPSA) is 96.4 Å². The predicted octanol–water partition coefficient (Wildman–Crippen LogP) is 2.35. The van der Waals surface area contributed by atoms with Gasteiger partial charge >= 0.3 is 0 Å². The summed E-state index contributed by atoms with van der Waals surface area (Å²) in [6.07, 6.45) is 0.418. The molecule has 0 spiro atoms. The third-order valence-electron chi connectivity index (χ3n) is 3.58. The van der Waals surface area contributed by atoms with Gasteiger partial charge in [-0.25, -0.2) is 18.2 Å². The zero-order valence-electron chi connectivity index (χ0n) is 14.0. The van der Waals surface area contributed by atoms with Gasteiger partial charge in [0.15, 0.2) is 0 Å². The minimum atomic E-state index is -2.74. The average Bonchev–Trinajstić information content (AvgIpc) is 2.54. The number of halogens is 3. The number of amides is 1. The molecule has 0 aliphatic carbocycles. The molecule has 0 atom stereocenters. The van der Waals surface area contributed by atoms with Crippen molar-refractivity contribution in [3.8, 4) is 0 Å². The summed E-state index contributed by atoms with van der Waals surface area (Å²) in [6.45, 7) is 1.44. The zero-order valence-corrected chi connectivity index (χ0v) is 14.0. The van der Waals surface area contributed by atoms with E-state index in [9.17, 15) is 18.0 Å². The van der Waals surface area contributed by atoms with E-state index >= 15 is 0 Å². The second kappa shape index (κ2) is 8.39. The van der Waals surface area contributed by atoms with Gasteiger partial charge in [0.1, 0.15) is 17.6 Å². The van der Waals surface area contributed by atoms with Crippen molar-refractivity contribution in [1.82, 2.24) is 4.98 Å². The van der Waals surface area contributed by atoms with Crippen LogP contribution in [0.5, 0.6) is 0 Å². The Bertz CT molecular complexity index is 849. The first-order chi connectivity index (χ1) is 12.3. The highest BCUT2D eigenvalue weighted by atomic mass is 19.3. The fourth-order valence-corrected chi connectivity index (χ4v) is 2.40. The predicted molar refractivity (Wildman–Crippen MR) is 90.7 cm³/mol. The molecule has 0 aliphatic heterocycles. The SMILES string of the molecule is CC(=N)/C(=C\[NH2+]c1cc(Cc2cc(F)cc(C(F)F)c2)ccn1)C(N)=O. The molecule has 26 heavy (non-hydrogen) atoms. The van der Waals surface area contributed by atoms with Crippen molar-refractivity contribution >= 4 is 17.4 Å². The Morgan fingerprint density at radius 3 is 2.65 bits per heavy atom. The Morgan fingerprint density at radius 1 is 1.31 bits per heavy atom. The van der Waals surface area contributed by atoms with Crippen LogP contribution in [0, 0.1) is 11.2 Å². The minimum absolute atomic E-state index is 0.0317. The Kier molecular flexibility index (Phi) is 6.24. The lowest BCUT2D eigenvalue weighted by atomic mass is 10.0. The number of aromatic nitrogens is 1. The van der Waals surface area contributed by atoms with E-state index < -0.39 is 18.1 Å². The molecule has 0 bridgehead atoms. The normalized spacial score (nSPS) is 11.7.